The topological polar surface area (TPSA) is 92.1 Å². The molecule has 152 valence electrons. The summed E-state index contributed by atoms with van der Waals surface area (Å²) >= 11 is 1.49. The maximum atomic E-state index is 12.2. The molecule has 0 aliphatic carbocycles. The number of hydrogen-bond donors (Lipinski definition) is 1. The molecule has 1 N–H and O–H groups in total. The van der Waals surface area contributed by atoms with Crippen molar-refractivity contribution in [3.05, 3.63) is 58.4 Å². The van der Waals surface area contributed by atoms with Crippen molar-refractivity contribution in [2.75, 3.05) is 21.2 Å². The number of phenols is 1. The van der Waals surface area contributed by atoms with Crippen molar-refractivity contribution in [2.24, 2.45) is 4.99 Å². The maximum Gasteiger partial charge on any atom is 0.242 e. The van der Waals surface area contributed by atoms with E-state index in [9.17, 15) is 13.5 Å². The minimum absolute atomic E-state index is 0.0821. The van der Waals surface area contributed by atoms with E-state index in [0.717, 1.165) is 21.8 Å². The Morgan fingerprint density at radius 1 is 1.21 bits per heavy atom. The molecule has 0 bridgehead atoms. The third kappa shape index (κ3) is 4.81. The van der Waals surface area contributed by atoms with Crippen LogP contribution in [0.15, 0.2) is 57.7 Å². The number of aliphatic imine (C=N–C) groups is 1. The Bertz CT molecular complexity index is 1120. The standard InChI is InChI=1S/C20H21N3O4S2/c1-23(2)29(25,26)16-7-5-15(6-8-16)17-13-28-20(22-17)12-21-11-14-4-9-18(24)19(10-14)27-3/h4-11,13,24H,12H2,1-3H3. The molecule has 0 radical (unpaired) electrons. The molecule has 0 unspecified atom stereocenters. The molecule has 2 aromatic carbocycles. The normalized spacial score (nSPS) is 12.0. The molecule has 0 aliphatic rings. The van der Waals surface area contributed by atoms with Gasteiger partial charge in [0.15, 0.2) is 11.5 Å². The average Bonchev–Trinajstić information content (AvgIpc) is 3.18. The van der Waals surface area contributed by atoms with Crippen molar-refractivity contribution < 1.29 is 18.3 Å². The van der Waals surface area contributed by atoms with Crippen molar-refractivity contribution >= 4 is 27.6 Å². The van der Waals surface area contributed by atoms with Crippen molar-refractivity contribution in [1.82, 2.24) is 9.29 Å². The zero-order chi connectivity index (χ0) is 21.0. The fourth-order valence-corrected chi connectivity index (χ4v) is 4.17. The van der Waals surface area contributed by atoms with Crippen LogP contribution in [0.1, 0.15) is 10.6 Å². The largest absolute Gasteiger partial charge is 0.504 e. The average molecular weight is 432 g/mol. The summed E-state index contributed by atoms with van der Waals surface area (Å²) in [5, 5.41) is 12.4. The Morgan fingerprint density at radius 2 is 1.93 bits per heavy atom. The monoisotopic (exact) mass is 431 g/mol. The van der Waals surface area contributed by atoms with Gasteiger partial charge in [0, 0.05) is 31.3 Å². The summed E-state index contributed by atoms with van der Waals surface area (Å²) in [6.07, 6.45) is 1.70. The van der Waals surface area contributed by atoms with Crippen LogP contribution in [-0.4, -0.2) is 50.2 Å². The van der Waals surface area contributed by atoms with E-state index in [4.69, 9.17) is 4.74 Å². The molecule has 0 fully saturated rings. The zero-order valence-electron chi connectivity index (χ0n) is 16.2. The van der Waals surface area contributed by atoms with E-state index in [1.807, 2.05) is 5.38 Å². The molecular weight excluding hydrogens is 410 g/mol. The lowest BCUT2D eigenvalue weighted by atomic mass is 10.2. The highest BCUT2D eigenvalue weighted by Gasteiger charge is 2.17. The minimum Gasteiger partial charge on any atom is -0.504 e. The highest BCUT2D eigenvalue weighted by atomic mass is 32.2. The Morgan fingerprint density at radius 3 is 2.59 bits per heavy atom. The summed E-state index contributed by atoms with van der Waals surface area (Å²) in [5.74, 6) is 0.476. The second kappa shape index (κ2) is 8.73. The van der Waals surface area contributed by atoms with Gasteiger partial charge in [-0.15, -0.1) is 11.3 Å². The summed E-state index contributed by atoms with van der Waals surface area (Å²) in [4.78, 5) is 9.20. The van der Waals surface area contributed by atoms with E-state index < -0.39 is 10.0 Å². The quantitative estimate of drug-likeness (QED) is 0.579. The summed E-state index contributed by atoms with van der Waals surface area (Å²) in [6, 6.07) is 11.7. The number of nitrogens with zero attached hydrogens (tertiary/aromatic N) is 3. The summed E-state index contributed by atoms with van der Waals surface area (Å²) in [5.41, 5.74) is 2.44. The molecule has 1 aromatic heterocycles. The molecule has 0 spiro atoms. The summed E-state index contributed by atoms with van der Waals surface area (Å²) in [7, 11) is 1.06. The van der Waals surface area contributed by atoms with Crippen molar-refractivity contribution in [3.63, 3.8) is 0 Å². The highest BCUT2D eigenvalue weighted by molar-refractivity contribution is 7.89. The van der Waals surface area contributed by atoms with Crippen molar-refractivity contribution in [1.29, 1.82) is 0 Å². The van der Waals surface area contributed by atoms with Crippen molar-refractivity contribution in [3.8, 4) is 22.8 Å². The second-order valence-corrected chi connectivity index (χ2v) is 9.43. The molecule has 29 heavy (non-hydrogen) atoms. The van der Waals surface area contributed by atoms with Crippen LogP contribution in [0.25, 0.3) is 11.3 Å². The number of aromatic nitrogens is 1. The van der Waals surface area contributed by atoms with Crippen LogP contribution < -0.4 is 4.74 Å². The molecule has 0 saturated heterocycles. The smallest absolute Gasteiger partial charge is 0.242 e. The van der Waals surface area contributed by atoms with Crippen LogP contribution >= 0.6 is 11.3 Å². The van der Waals surface area contributed by atoms with Gasteiger partial charge in [0.1, 0.15) is 5.01 Å². The zero-order valence-corrected chi connectivity index (χ0v) is 17.9. The molecule has 3 rings (SSSR count). The van der Waals surface area contributed by atoms with Crippen LogP contribution in [0.4, 0.5) is 0 Å². The van der Waals surface area contributed by atoms with Crippen LogP contribution in [0.2, 0.25) is 0 Å². The fourth-order valence-electron chi connectivity index (χ4n) is 2.53. The number of benzene rings is 2. The number of thiazole rings is 1. The fraction of sp³-hybridized carbons (Fsp3) is 0.200. The van der Waals surface area contributed by atoms with Gasteiger partial charge in [-0.05, 0) is 35.9 Å². The van der Waals surface area contributed by atoms with E-state index in [2.05, 4.69) is 9.98 Å². The lowest BCUT2D eigenvalue weighted by Crippen LogP contribution is -2.22. The van der Waals surface area contributed by atoms with Crippen LogP contribution in [0.3, 0.4) is 0 Å². The summed E-state index contributed by atoms with van der Waals surface area (Å²) < 4.78 is 30.6. The molecule has 3 aromatic rings. The van der Waals surface area contributed by atoms with E-state index >= 15 is 0 Å². The third-order valence-corrected chi connectivity index (χ3v) is 6.81. The minimum atomic E-state index is -3.45. The van der Waals surface area contributed by atoms with Gasteiger partial charge in [0.05, 0.1) is 24.2 Å². The van der Waals surface area contributed by atoms with Gasteiger partial charge in [0.2, 0.25) is 10.0 Å². The number of phenolic OH excluding ortho intramolecular Hbond substituents is 1. The first-order valence-electron chi connectivity index (χ1n) is 8.65. The number of methoxy groups -OCH3 is 1. The van der Waals surface area contributed by atoms with Gasteiger partial charge >= 0.3 is 0 Å². The van der Waals surface area contributed by atoms with Gasteiger partial charge in [-0.1, -0.05) is 12.1 Å². The Hall–Kier alpha value is -2.75. The molecule has 0 atom stereocenters. The number of hydrogen-bond acceptors (Lipinski definition) is 7. The lowest BCUT2D eigenvalue weighted by molar-refractivity contribution is 0.373. The highest BCUT2D eigenvalue weighted by Crippen LogP contribution is 2.26. The van der Waals surface area contributed by atoms with Crippen LogP contribution in [0, 0.1) is 0 Å². The maximum absolute atomic E-state index is 12.2. The summed E-state index contributed by atoms with van der Waals surface area (Å²) in [6.45, 7) is 0.418. The first-order chi connectivity index (χ1) is 13.8. The predicted molar refractivity (Wildman–Crippen MR) is 114 cm³/mol. The van der Waals surface area contributed by atoms with Crippen LogP contribution in [0.5, 0.6) is 11.5 Å². The number of aromatic hydroxyl groups is 1. The SMILES string of the molecule is COc1cc(C=NCc2nc(-c3ccc(S(=O)(=O)N(C)C)cc3)cs2)ccc1O. The van der Waals surface area contributed by atoms with E-state index in [1.54, 1.807) is 48.7 Å². The van der Waals surface area contributed by atoms with E-state index in [1.165, 1.54) is 36.8 Å². The van der Waals surface area contributed by atoms with Gasteiger partial charge in [-0.3, -0.25) is 4.99 Å². The van der Waals surface area contributed by atoms with Crippen LogP contribution in [-0.2, 0) is 16.6 Å². The predicted octanol–water partition coefficient (Wildman–Crippen LogP) is 3.39. The number of sulfonamides is 1. The van der Waals surface area contributed by atoms with Gasteiger partial charge < -0.3 is 9.84 Å². The van der Waals surface area contributed by atoms with E-state index in [-0.39, 0.29) is 10.6 Å². The Labute approximate surface area is 174 Å². The Kier molecular flexibility index (Phi) is 6.31. The molecule has 0 saturated carbocycles. The third-order valence-electron chi connectivity index (χ3n) is 4.15. The molecular formula is C20H21N3O4S2. The van der Waals surface area contributed by atoms with Gasteiger partial charge in [-0.25, -0.2) is 17.7 Å². The number of rotatable bonds is 7. The molecule has 9 heteroatoms. The molecule has 0 amide bonds. The lowest BCUT2D eigenvalue weighted by Gasteiger charge is -2.11. The van der Waals surface area contributed by atoms with Crippen molar-refractivity contribution in [2.45, 2.75) is 11.4 Å². The van der Waals surface area contributed by atoms with Gasteiger partial charge in [0.25, 0.3) is 0 Å². The van der Waals surface area contributed by atoms with Gasteiger partial charge in [-0.2, -0.15) is 0 Å². The number of ether oxygens (including phenoxy) is 1. The molecule has 1 heterocycles. The molecule has 7 nitrogen and oxygen atoms in total. The second-order valence-electron chi connectivity index (χ2n) is 6.34. The Balaban J connectivity index is 1.69. The first-order valence-corrected chi connectivity index (χ1v) is 11.0. The molecule has 0 aliphatic heterocycles. The van der Waals surface area contributed by atoms with E-state index in [0.29, 0.717) is 12.3 Å². The first kappa shape index (κ1) is 21.0.